The lowest BCUT2D eigenvalue weighted by molar-refractivity contribution is -0.274. The average Bonchev–Trinajstić information content (AvgIpc) is 2.43. The predicted molar refractivity (Wildman–Crippen MR) is 81.7 cm³/mol. The van der Waals surface area contributed by atoms with Gasteiger partial charge in [-0.15, -0.1) is 13.2 Å². The topological polar surface area (TPSA) is 61.8 Å². The zero-order valence-electron chi connectivity index (χ0n) is 13.3. The Morgan fingerprint density at radius 2 is 2.04 bits per heavy atom. The number of para-hydroxylation sites is 1. The number of nitrogens with zero attached hydrogens (tertiary/aromatic N) is 1. The highest BCUT2D eigenvalue weighted by molar-refractivity contribution is 5.69. The average molecular weight is 346 g/mol. The molecule has 0 heterocycles. The lowest BCUT2D eigenvalue weighted by Crippen LogP contribution is -2.53. The maximum atomic E-state index is 12.4. The molecule has 0 aliphatic heterocycles. The fourth-order valence-electron chi connectivity index (χ4n) is 2.85. The molecule has 1 saturated carbocycles. The van der Waals surface area contributed by atoms with E-state index in [0.717, 1.165) is 12.8 Å². The number of aliphatic carboxylic acids is 1. The largest absolute Gasteiger partial charge is 0.573 e. The second kappa shape index (κ2) is 7.85. The zero-order chi connectivity index (χ0) is 17.7. The van der Waals surface area contributed by atoms with Gasteiger partial charge in [-0.1, -0.05) is 25.1 Å². The molecule has 2 rings (SSSR count). The molecule has 1 aromatic carbocycles. The summed E-state index contributed by atoms with van der Waals surface area (Å²) in [6.07, 6.45) is -3.15. The normalized spacial score (nSPS) is 20.7. The van der Waals surface area contributed by atoms with Crippen LogP contribution >= 0.6 is 0 Å². The molecule has 0 aromatic heterocycles. The van der Waals surface area contributed by atoms with Gasteiger partial charge in [0.05, 0.1) is 6.54 Å². The third kappa shape index (κ3) is 5.38. The Kier molecular flexibility index (Phi) is 6.06. The molecule has 0 atom stereocenters. The summed E-state index contributed by atoms with van der Waals surface area (Å²) in [5.74, 6) is -1.05. The highest BCUT2D eigenvalue weighted by atomic mass is 19.4. The molecule has 1 aliphatic carbocycles. The number of ether oxygens (including phenoxy) is 1. The first kappa shape index (κ1) is 18.5. The minimum absolute atomic E-state index is 0.0101. The van der Waals surface area contributed by atoms with E-state index in [1.54, 1.807) is 12.1 Å². The summed E-state index contributed by atoms with van der Waals surface area (Å²) in [4.78, 5) is 12.7. The Bertz CT molecular complexity index is 560. The first-order chi connectivity index (χ1) is 11.3. The van der Waals surface area contributed by atoms with Gasteiger partial charge in [-0.2, -0.15) is 0 Å². The summed E-state index contributed by atoms with van der Waals surface area (Å²) < 4.78 is 41.2. The van der Waals surface area contributed by atoms with Crippen molar-refractivity contribution in [2.24, 2.45) is 0 Å². The number of carboxylic acids is 1. The highest BCUT2D eigenvalue weighted by Crippen LogP contribution is 2.28. The summed E-state index contributed by atoms with van der Waals surface area (Å²) in [5, 5.41) is 12.1. The lowest BCUT2D eigenvalue weighted by Gasteiger charge is -2.42. The van der Waals surface area contributed by atoms with Crippen LogP contribution in [0.5, 0.6) is 5.75 Å². The van der Waals surface area contributed by atoms with Crippen molar-refractivity contribution in [3.05, 3.63) is 29.8 Å². The number of hydrogen-bond donors (Lipinski definition) is 2. The van der Waals surface area contributed by atoms with Gasteiger partial charge in [0, 0.05) is 24.2 Å². The van der Waals surface area contributed by atoms with Gasteiger partial charge in [-0.05, 0) is 25.5 Å². The molecule has 134 valence electrons. The number of carbonyl (C=O) groups is 1. The standard InChI is InChI=1S/C16H21F3N2O3/c1-2-21(10-15(22)23)13-7-12(8-13)20-9-11-5-3-4-6-14(11)24-16(17,18)19/h3-6,12-13,20H,2,7-10H2,1H3,(H,22,23). The van der Waals surface area contributed by atoms with Crippen LogP contribution in [0.1, 0.15) is 25.3 Å². The molecule has 2 N–H and O–H groups in total. The van der Waals surface area contributed by atoms with Crippen LogP contribution in [0.25, 0.3) is 0 Å². The molecule has 0 unspecified atom stereocenters. The number of nitrogens with one attached hydrogen (secondary N) is 1. The van der Waals surface area contributed by atoms with E-state index in [4.69, 9.17) is 5.11 Å². The molecular weight excluding hydrogens is 325 g/mol. The SMILES string of the molecule is CCN(CC(=O)O)C1CC(NCc2ccccc2OC(F)(F)F)C1. The van der Waals surface area contributed by atoms with Crippen LogP contribution in [0.15, 0.2) is 24.3 Å². The molecule has 0 amide bonds. The minimum atomic E-state index is -4.71. The molecule has 24 heavy (non-hydrogen) atoms. The maximum absolute atomic E-state index is 12.4. The van der Waals surface area contributed by atoms with E-state index in [9.17, 15) is 18.0 Å². The van der Waals surface area contributed by atoms with Crippen LogP contribution in [-0.4, -0.2) is 47.5 Å². The Morgan fingerprint density at radius 1 is 1.38 bits per heavy atom. The summed E-state index contributed by atoms with van der Waals surface area (Å²) in [5.41, 5.74) is 0.441. The van der Waals surface area contributed by atoms with Crippen molar-refractivity contribution in [2.45, 2.75) is 44.8 Å². The van der Waals surface area contributed by atoms with Crippen molar-refractivity contribution in [1.29, 1.82) is 0 Å². The predicted octanol–water partition coefficient (Wildman–Crippen LogP) is 2.61. The third-order valence-corrected chi connectivity index (χ3v) is 4.15. The van der Waals surface area contributed by atoms with Crippen molar-refractivity contribution >= 4 is 5.97 Å². The van der Waals surface area contributed by atoms with Crippen molar-refractivity contribution < 1.29 is 27.8 Å². The number of halogens is 3. The Labute approximate surface area is 138 Å². The van der Waals surface area contributed by atoms with Crippen molar-refractivity contribution in [2.75, 3.05) is 13.1 Å². The van der Waals surface area contributed by atoms with Gasteiger partial charge in [0.15, 0.2) is 0 Å². The molecule has 0 radical (unpaired) electrons. The first-order valence-electron chi connectivity index (χ1n) is 7.81. The Balaban J connectivity index is 1.83. The minimum Gasteiger partial charge on any atom is -0.480 e. The second-order valence-electron chi connectivity index (χ2n) is 5.82. The summed E-state index contributed by atoms with van der Waals surface area (Å²) in [6, 6.07) is 6.40. The maximum Gasteiger partial charge on any atom is 0.573 e. The van der Waals surface area contributed by atoms with E-state index in [1.807, 2.05) is 11.8 Å². The van der Waals surface area contributed by atoms with E-state index in [2.05, 4.69) is 10.1 Å². The highest BCUT2D eigenvalue weighted by Gasteiger charge is 2.34. The van der Waals surface area contributed by atoms with E-state index in [-0.39, 0.29) is 30.9 Å². The van der Waals surface area contributed by atoms with Crippen molar-refractivity contribution in [1.82, 2.24) is 10.2 Å². The van der Waals surface area contributed by atoms with Gasteiger partial charge in [0.1, 0.15) is 5.75 Å². The molecule has 8 heteroatoms. The van der Waals surface area contributed by atoms with Gasteiger partial charge in [-0.25, -0.2) is 0 Å². The summed E-state index contributed by atoms with van der Waals surface area (Å²) >= 11 is 0. The van der Waals surface area contributed by atoms with Crippen LogP contribution < -0.4 is 10.1 Å². The number of likely N-dealkylation sites (N-methyl/N-ethyl adjacent to an activating group) is 1. The van der Waals surface area contributed by atoms with Crippen LogP contribution in [0, 0.1) is 0 Å². The second-order valence-corrected chi connectivity index (χ2v) is 5.82. The Morgan fingerprint density at radius 3 is 2.62 bits per heavy atom. The van der Waals surface area contributed by atoms with Crippen molar-refractivity contribution in [3.8, 4) is 5.75 Å². The molecule has 0 bridgehead atoms. The number of carboxylic acid groups (broad SMARTS) is 1. The van der Waals surface area contributed by atoms with Crippen LogP contribution in [0.4, 0.5) is 13.2 Å². The fraction of sp³-hybridized carbons (Fsp3) is 0.562. The monoisotopic (exact) mass is 346 g/mol. The smallest absolute Gasteiger partial charge is 0.480 e. The van der Waals surface area contributed by atoms with Gasteiger partial charge in [0.25, 0.3) is 0 Å². The van der Waals surface area contributed by atoms with E-state index < -0.39 is 12.3 Å². The number of hydrogen-bond acceptors (Lipinski definition) is 4. The van der Waals surface area contributed by atoms with Crippen LogP contribution in [0.2, 0.25) is 0 Å². The molecule has 1 fully saturated rings. The lowest BCUT2D eigenvalue weighted by atomic mass is 9.85. The van der Waals surface area contributed by atoms with E-state index in [0.29, 0.717) is 12.1 Å². The van der Waals surface area contributed by atoms with Gasteiger partial charge in [0.2, 0.25) is 0 Å². The van der Waals surface area contributed by atoms with Gasteiger partial charge < -0.3 is 15.2 Å². The molecule has 5 nitrogen and oxygen atoms in total. The van der Waals surface area contributed by atoms with Gasteiger partial charge >= 0.3 is 12.3 Å². The summed E-state index contributed by atoms with van der Waals surface area (Å²) in [6.45, 7) is 2.85. The fourth-order valence-corrected chi connectivity index (χ4v) is 2.85. The number of benzene rings is 1. The van der Waals surface area contributed by atoms with Crippen LogP contribution in [0.3, 0.4) is 0 Å². The molecular formula is C16H21F3N2O3. The molecule has 1 aliphatic rings. The van der Waals surface area contributed by atoms with Crippen LogP contribution in [-0.2, 0) is 11.3 Å². The Hall–Kier alpha value is -1.80. The number of alkyl halides is 3. The number of rotatable bonds is 8. The van der Waals surface area contributed by atoms with Crippen molar-refractivity contribution in [3.63, 3.8) is 0 Å². The third-order valence-electron chi connectivity index (χ3n) is 4.15. The molecule has 1 aromatic rings. The van der Waals surface area contributed by atoms with E-state index in [1.165, 1.54) is 12.1 Å². The molecule has 0 spiro atoms. The first-order valence-corrected chi connectivity index (χ1v) is 7.81. The van der Waals surface area contributed by atoms with E-state index >= 15 is 0 Å². The quantitative estimate of drug-likeness (QED) is 0.758. The summed E-state index contributed by atoms with van der Waals surface area (Å²) in [7, 11) is 0. The molecule has 0 saturated heterocycles. The van der Waals surface area contributed by atoms with Gasteiger partial charge in [-0.3, -0.25) is 9.69 Å². The zero-order valence-corrected chi connectivity index (χ0v) is 13.3.